The van der Waals surface area contributed by atoms with E-state index in [4.69, 9.17) is 0 Å². The maximum atomic E-state index is 13.3. The van der Waals surface area contributed by atoms with E-state index >= 15 is 0 Å². The van der Waals surface area contributed by atoms with Crippen molar-refractivity contribution in [1.82, 2.24) is 14.2 Å². The fourth-order valence-electron chi connectivity index (χ4n) is 4.82. The Bertz CT molecular complexity index is 1360. The van der Waals surface area contributed by atoms with Gasteiger partial charge in [-0.15, -0.1) is 0 Å². The van der Waals surface area contributed by atoms with Gasteiger partial charge in [0.05, 0.1) is 20.9 Å². The van der Waals surface area contributed by atoms with Crippen molar-refractivity contribution in [3.05, 3.63) is 69.4 Å². The highest BCUT2D eigenvalue weighted by Crippen LogP contribution is 2.31. The van der Waals surface area contributed by atoms with Crippen LogP contribution in [0.25, 0.3) is 10.9 Å². The van der Waals surface area contributed by atoms with Crippen molar-refractivity contribution in [3.8, 4) is 0 Å². The molecule has 33 heavy (non-hydrogen) atoms. The molecule has 0 saturated carbocycles. The summed E-state index contributed by atoms with van der Waals surface area (Å²) >= 11 is 0. The number of nitro benzene ring substituents is 1. The minimum absolute atomic E-state index is 0.113. The number of carbonyl (C=O) groups is 1. The normalized spacial score (nSPS) is 17.2. The van der Waals surface area contributed by atoms with Crippen LogP contribution in [-0.2, 0) is 22.9 Å². The first-order valence-electron chi connectivity index (χ1n) is 11.0. The van der Waals surface area contributed by atoms with Crippen molar-refractivity contribution in [1.29, 1.82) is 0 Å². The van der Waals surface area contributed by atoms with Gasteiger partial charge in [-0.3, -0.25) is 14.9 Å². The monoisotopic (exact) mass is 468 g/mol. The number of nitrogens with one attached hydrogen (secondary N) is 1. The molecule has 0 atom stereocenters. The third-order valence-corrected chi connectivity index (χ3v) is 8.45. The van der Waals surface area contributed by atoms with Crippen molar-refractivity contribution in [2.24, 2.45) is 0 Å². The number of amides is 1. The maximum Gasteiger partial charge on any atom is 0.270 e. The van der Waals surface area contributed by atoms with Crippen LogP contribution in [0.5, 0.6) is 0 Å². The Labute approximate surface area is 191 Å². The lowest BCUT2D eigenvalue weighted by Gasteiger charge is -2.34. The number of aryl methyl sites for hydroxylation is 2. The molecule has 1 fully saturated rings. The molecule has 1 aliphatic carbocycles. The minimum Gasteiger partial charge on any atom is -0.358 e. The highest BCUT2D eigenvalue weighted by atomic mass is 32.2. The number of aromatic amines is 1. The molecule has 1 N–H and O–H groups in total. The van der Waals surface area contributed by atoms with Crippen molar-refractivity contribution in [2.75, 3.05) is 26.2 Å². The van der Waals surface area contributed by atoms with Crippen LogP contribution in [-0.4, -0.2) is 59.6 Å². The average molecular weight is 469 g/mol. The summed E-state index contributed by atoms with van der Waals surface area (Å²) in [6.07, 6.45) is 4.30. The predicted octanol–water partition coefficient (Wildman–Crippen LogP) is 3.10. The molecule has 1 aliphatic heterocycles. The number of H-pyrrole nitrogens is 1. The number of fused-ring (bicyclic) bond motifs is 3. The molecule has 0 bridgehead atoms. The molecular weight excluding hydrogens is 444 g/mol. The van der Waals surface area contributed by atoms with Gasteiger partial charge in [-0.25, -0.2) is 8.42 Å². The Balaban J connectivity index is 1.34. The number of piperazine rings is 1. The number of nitrogens with zero attached hydrogens (tertiary/aromatic N) is 3. The number of carbonyl (C=O) groups excluding carboxylic acids is 1. The van der Waals surface area contributed by atoms with Gasteiger partial charge in [-0.05, 0) is 43.4 Å². The number of sulfonamides is 1. The number of hydrogen-bond acceptors (Lipinski definition) is 5. The fourth-order valence-corrected chi connectivity index (χ4v) is 6.28. The molecule has 0 unspecified atom stereocenters. The first-order valence-corrected chi connectivity index (χ1v) is 12.5. The molecular formula is C23H24N4O5S. The van der Waals surface area contributed by atoms with Gasteiger partial charge in [0.1, 0.15) is 0 Å². The summed E-state index contributed by atoms with van der Waals surface area (Å²) in [4.78, 5) is 28.8. The summed E-state index contributed by atoms with van der Waals surface area (Å²) in [5.74, 6) is -0.119. The Morgan fingerprint density at radius 2 is 1.73 bits per heavy atom. The van der Waals surface area contributed by atoms with E-state index in [9.17, 15) is 23.3 Å². The van der Waals surface area contributed by atoms with Gasteiger partial charge in [0.15, 0.2) is 0 Å². The molecule has 1 aromatic heterocycles. The van der Waals surface area contributed by atoms with Crippen molar-refractivity contribution < 1.29 is 18.1 Å². The molecule has 0 radical (unpaired) electrons. The van der Waals surface area contributed by atoms with E-state index in [0.29, 0.717) is 5.56 Å². The first kappa shape index (κ1) is 21.6. The molecule has 172 valence electrons. The van der Waals surface area contributed by atoms with Gasteiger partial charge in [0.25, 0.3) is 11.6 Å². The van der Waals surface area contributed by atoms with E-state index in [-0.39, 0.29) is 42.7 Å². The molecule has 1 amide bonds. The van der Waals surface area contributed by atoms with E-state index in [2.05, 4.69) is 11.1 Å². The zero-order valence-electron chi connectivity index (χ0n) is 18.0. The molecule has 2 heterocycles. The molecule has 9 nitrogen and oxygen atoms in total. The number of aromatic nitrogens is 1. The van der Waals surface area contributed by atoms with Crippen LogP contribution in [0.3, 0.4) is 0 Å². The number of hydrogen-bond donors (Lipinski definition) is 1. The van der Waals surface area contributed by atoms with Crippen molar-refractivity contribution in [3.63, 3.8) is 0 Å². The summed E-state index contributed by atoms with van der Waals surface area (Å²) in [5.41, 5.74) is 3.72. The number of non-ortho nitro benzene ring substituents is 1. The van der Waals surface area contributed by atoms with Crippen LogP contribution in [0.15, 0.2) is 47.4 Å². The number of para-hydroxylation sites is 1. The summed E-state index contributed by atoms with van der Waals surface area (Å²) in [5, 5.41) is 12.1. The second-order valence-corrected chi connectivity index (χ2v) is 10.4. The number of rotatable bonds is 4. The molecule has 1 saturated heterocycles. The van der Waals surface area contributed by atoms with E-state index < -0.39 is 14.9 Å². The maximum absolute atomic E-state index is 13.3. The van der Waals surface area contributed by atoms with E-state index in [0.717, 1.165) is 42.7 Å². The first-order chi connectivity index (χ1) is 15.9. The largest absolute Gasteiger partial charge is 0.358 e. The lowest BCUT2D eigenvalue weighted by atomic mass is 9.95. The third-order valence-electron chi connectivity index (χ3n) is 6.56. The fraction of sp³-hybridized carbons (Fsp3) is 0.348. The van der Waals surface area contributed by atoms with E-state index in [1.807, 2.05) is 12.1 Å². The van der Waals surface area contributed by atoms with E-state index in [1.54, 1.807) is 4.90 Å². The van der Waals surface area contributed by atoms with E-state index in [1.165, 1.54) is 33.8 Å². The molecule has 2 aliphatic rings. The zero-order chi connectivity index (χ0) is 23.2. The molecule has 5 rings (SSSR count). The van der Waals surface area contributed by atoms with Gasteiger partial charge in [-0.2, -0.15) is 4.31 Å². The van der Waals surface area contributed by atoms with Crippen LogP contribution >= 0.6 is 0 Å². The van der Waals surface area contributed by atoms with Crippen molar-refractivity contribution in [2.45, 2.75) is 30.6 Å². The highest BCUT2D eigenvalue weighted by molar-refractivity contribution is 7.89. The second-order valence-electron chi connectivity index (χ2n) is 8.47. The summed E-state index contributed by atoms with van der Waals surface area (Å²) in [7, 11) is -3.88. The quantitative estimate of drug-likeness (QED) is 0.466. The smallest absolute Gasteiger partial charge is 0.270 e. The Morgan fingerprint density at radius 3 is 2.48 bits per heavy atom. The second kappa shape index (κ2) is 8.27. The highest BCUT2D eigenvalue weighted by Gasteiger charge is 2.32. The Morgan fingerprint density at radius 1 is 1.00 bits per heavy atom. The lowest BCUT2D eigenvalue weighted by molar-refractivity contribution is -0.385. The Kier molecular flexibility index (Phi) is 5.41. The minimum atomic E-state index is -3.88. The number of benzene rings is 2. The van der Waals surface area contributed by atoms with Crippen LogP contribution in [0.1, 0.15) is 34.5 Å². The Hall–Kier alpha value is -3.24. The zero-order valence-corrected chi connectivity index (χ0v) is 18.8. The van der Waals surface area contributed by atoms with Gasteiger partial charge in [0.2, 0.25) is 10.0 Å². The third kappa shape index (κ3) is 3.79. The molecule has 0 spiro atoms. The van der Waals surface area contributed by atoms with Gasteiger partial charge in [-0.1, -0.05) is 18.2 Å². The van der Waals surface area contributed by atoms with Crippen LogP contribution in [0.4, 0.5) is 5.69 Å². The topological polar surface area (TPSA) is 117 Å². The molecule has 2 aromatic carbocycles. The van der Waals surface area contributed by atoms with Crippen LogP contribution in [0, 0.1) is 10.1 Å². The predicted molar refractivity (Wildman–Crippen MR) is 123 cm³/mol. The van der Waals surface area contributed by atoms with Crippen molar-refractivity contribution >= 4 is 32.5 Å². The van der Waals surface area contributed by atoms with Crippen LogP contribution < -0.4 is 0 Å². The number of nitro groups is 1. The molecule has 3 aromatic rings. The summed E-state index contributed by atoms with van der Waals surface area (Å²) in [6, 6.07) is 10.8. The standard InChI is InChI=1S/C23H24N4O5S/c28-23(20-9-4-8-19-18-7-1-2-10-21(18)24-22(19)20)25-11-13-26(14-12-25)33(31,32)17-6-3-5-16(15-17)27(29)30/h3-6,8-9,15,24H,1-2,7,10-14H2. The van der Waals surface area contributed by atoms with Gasteiger partial charge >= 0.3 is 0 Å². The van der Waals surface area contributed by atoms with Crippen LogP contribution in [0.2, 0.25) is 0 Å². The SMILES string of the molecule is O=C(c1cccc2c3c([nH]c12)CCCC3)N1CCN(S(=O)(=O)c2cccc([N+](=O)[O-])c2)CC1. The summed E-state index contributed by atoms with van der Waals surface area (Å²) < 4.78 is 27.3. The average Bonchev–Trinajstić information content (AvgIpc) is 3.22. The molecule has 10 heteroatoms. The van der Waals surface area contributed by atoms with Gasteiger partial charge in [0, 0.05) is 49.4 Å². The summed E-state index contributed by atoms with van der Waals surface area (Å²) in [6.45, 7) is 0.773. The van der Waals surface area contributed by atoms with Gasteiger partial charge < -0.3 is 9.88 Å². The lowest BCUT2D eigenvalue weighted by Crippen LogP contribution is -2.50.